The number of aromatic nitrogens is 4. The van der Waals surface area contributed by atoms with Crippen LogP contribution in [0.2, 0.25) is 0 Å². The lowest BCUT2D eigenvalue weighted by molar-refractivity contribution is 0.0943. The van der Waals surface area contributed by atoms with Gasteiger partial charge >= 0.3 is 0 Å². The van der Waals surface area contributed by atoms with Crippen LogP contribution in [0.4, 0.5) is 0 Å². The summed E-state index contributed by atoms with van der Waals surface area (Å²) >= 11 is 6.82. The van der Waals surface area contributed by atoms with E-state index in [0.29, 0.717) is 12.2 Å². The van der Waals surface area contributed by atoms with Gasteiger partial charge in [0.15, 0.2) is 6.73 Å². The highest BCUT2D eigenvalue weighted by Crippen LogP contribution is 2.16. The molecule has 26 heavy (non-hydrogen) atoms. The molecule has 7 nitrogen and oxygen atoms in total. The molecule has 0 aliphatic carbocycles. The van der Waals surface area contributed by atoms with E-state index in [-0.39, 0.29) is 12.6 Å². The Kier molecular flexibility index (Phi) is 6.10. The molecule has 1 amide bonds. The Morgan fingerprint density at radius 1 is 1.15 bits per heavy atom. The van der Waals surface area contributed by atoms with Gasteiger partial charge in [-0.25, -0.2) is 4.68 Å². The number of aryl methyl sites for hydroxylation is 1. The molecule has 0 aliphatic rings. The van der Waals surface area contributed by atoms with Crippen LogP contribution >= 0.6 is 31.9 Å². The number of amides is 1. The number of nitrogens with zero attached hydrogens (tertiary/aromatic N) is 4. The fraction of sp³-hybridized carbons (Fsp3) is 0.235. The summed E-state index contributed by atoms with van der Waals surface area (Å²) in [5.74, 6) is 0.469. The second kappa shape index (κ2) is 8.50. The van der Waals surface area contributed by atoms with Gasteiger partial charge in [-0.1, -0.05) is 15.9 Å². The van der Waals surface area contributed by atoms with Crippen molar-refractivity contribution in [3.05, 3.63) is 63.1 Å². The van der Waals surface area contributed by atoms with Gasteiger partial charge in [-0.3, -0.25) is 9.48 Å². The lowest BCUT2D eigenvalue weighted by atomic mass is 10.3. The molecule has 2 aromatic heterocycles. The summed E-state index contributed by atoms with van der Waals surface area (Å²) < 4.78 is 10.9. The van der Waals surface area contributed by atoms with Gasteiger partial charge in [-0.2, -0.15) is 10.2 Å². The van der Waals surface area contributed by atoms with Crippen molar-refractivity contribution in [1.82, 2.24) is 24.9 Å². The minimum Gasteiger partial charge on any atom is -0.471 e. The molecule has 0 unspecified atom stereocenters. The SMILES string of the molecule is CCn1cc(Br)c(CNC(=O)c2ccn(COc3ccc(Br)cc3)n2)n1. The first kappa shape index (κ1) is 18.7. The van der Waals surface area contributed by atoms with E-state index in [2.05, 4.69) is 47.4 Å². The summed E-state index contributed by atoms with van der Waals surface area (Å²) in [5, 5.41) is 11.4. The predicted molar refractivity (Wildman–Crippen MR) is 104 cm³/mol. The quantitative estimate of drug-likeness (QED) is 0.558. The van der Waals surface area contributed by atoms with Crippen molar-refractivity contribution < 1.29 is 9.53 Å². The van der Waals surface area contributed by atoms with Crippen molar-refractivity contribution in [2.75, 3.05) is 0 Å². The van der Waals surface area contributed by atoms with Crippen LogP contribution in [0.15, 0.2) is 51.7 Å². The standard InChI is InChI=1S/C17H17Br2N5O2/c1-2-23-10-14(19)16(22-23)9-20-17(25)15-7-8-24(21-15)11-26-13-5-3-12(18)4-6-13/h3-8,10H,2,9,11H2,1H3,(H,20,25). The summed E-state index contributed by atoms with van der Waals surface area (Å²) in [4.78, 5) is 12.2. The molecule has 136 valence electrons. The number of hydrogen-bond donors (Lipinski definition) is 1. The van der Waals surface area contributed by atoms with Crippen molar-refractivity contribution in [3.8, 4) is 5.75 Å². The molecule has 3 rings (SSSR count). The second-order valence-corrected chi connectivity index (χ2v) is 7.20. The molecule has 0 spiro atoms. The third-order valence-electron chi connectivity index (χ3n) is 3.58. The molecule has 1 N–H and O–H groups in total. The van der Waals surface area contributed by atoms with Gasteiger partial charge < -0.3 is 10.1 Å². The van der Waals surface area contributed by atoms with E-state index < -0.39 is 0 Å². The van der Waals surface area contributed by atoms with Gasteiger partial charge in [0.2, 0.25) is 0 Å². The number of hydrogen-bond acceptors (Lipinski definition) is 4. The van der Waals surface area contributed by atoms with Gasteiger partial charge in [0, 0.05) is 23.4 Å². The molecule has 2 heterocycles. The molecule has 0 saturated heterocycles. The molecule has 0 bridgehead atoms. The molecule has 1 aromatic carbocycles. The molecule has 0 atom stereocenters. The van der Waals surface area contributed by atoms with Crippen molar-refractivity contribution in [2.45, 2.75) is 26.7 Å². The van der Waals surface area contributed by atoms with E-state index in [1.54, 1.807) is 21.6 Å². The number of carbonyl (C=O) groups excluding carboxylic acids is 1. The van der Waals surface area contributed by atoms with Gasteiger partial charge in [0.1, 0.15) is 11.4 Å². The number of rotatable bonds is 7. The summed E-state index contributed by atoms with van der Waals surface area (Å²) in [6.45, 7) is 3.33. The highest BCUT2D eigenvalue weighted by molar-refractivity contribution is 9.10. The predicted octanol–water partition coefficient (Wildman–Crippen LogP) is 3.59. The van der Waals surface area contributed by atoms with Crippen LogP contribution in [0.5, 0.6) is 5.75 Å². The fourth-order valence-corrected chi connectivity index (χ4v) is 2.92. The molecule has 3 aromatic rings. The Morgan fingerprint density at radius 2 is 1.92 bits per heavy atom. The monoisotopic (exact) mass is 481 g/mol. The lowest BCUT2D eigenvalue weighted by Gasteiger charge is -2.06. The zero-order valence-electron chi connectivity index (χ0n) is 14.0. The van der Waals surface area contributed by atoms with E-state index >= 15 is 0 Å². The Morgan fingerprint density at radius 3 is 2.62 bits per heavy atom. The van der Waals surface area contributed by atoms with E-state index in [1.165, 1.54) is 0 Å². The van der Waals surface area contributed by atoms with E-state index in [9.17, 15) is 4.79 Å². The zero-order valence-corrected chi connectivity index (χ0v) is 17.2. The first-order valence-corrected chi connectivity index (χ1v) is 9.55. The summed E-state index contributed by atoms with van der Waals surface area (Å²) in [6, 6.07) is 9.16. The van der Waals surface area contributed by atoms with Crippen molar-refractivity contribution in [1.29, 1.82) is 0 Å². The minimum atomic E-state index is -0.259. The Balaban J connectivity index is 1.53. The van der Waals surface area contributed by atoms with Gasteiger partial charge in [0.05, 0.1) is 16.7 Å². The number of halogens is 2. The first-order chi connectivity index (χ1) is 12.5. The highest BCUT2D eigenvalue weighted by Gasteiger charge is 2.12. The second-order valence-electron chi connectivity index (χ2n) is 5.43. The van der Waals surface area contributed by atoms with Crippen LogP contribution in [0.1, 0.15) is 23.1 Å². The van der Waals surface area contributed by atoms with Gasteiger partial charge in [-0.15, -0.1) is 0 Å². The molecule has 0 saturated carbocycles. The minimum absolute atomic E-state index is 0.224. The maximum Gasteiger partial charge on any atom is 0.272 e. The van der Waals surface area contributed by atoms with Crippen LogP contribution in [0.25, 0.3) is 0 Å². The Bertz CT molecular complexity index is 889. The number of carbonyl (C=O) groups is 1. The average Bonchev–Trinajstić information content (AvgIpc) is 3.26. The smallest absolute Gasteiger partial charge is 0.272 e. The Labute approximate surface area is 167 Å². The maximum absolute atomic E-state index is 12.2. The van der Waals surface area contributed by atoms with E-state index in [0.717, 1.165) is 26.9 Å². The molecule has 0 fully saturated rings. The van der Waals surface area contributed by atoms with E-state index in [4.69, 9.17) is 4.74 Å². The van der Waals surface area contributed by atoms with Crippen molar-refractivity contribution in [3.63, 3.8) is 0 Å². The molecular formula is C17H17Br2N5O2. The largest absolute Gasteiger partial charge is 0.471 e. The fourth-order valence-electron chi connectivity index (χ4n) is 2.20. The summed E-state index contributed by atoms with van der Waals surface area (Å²) in [7, 11) is 0. The third kappa shape index (κ3) is 4.73. The molecular weight excluding hydrogens is 466 g/mol. The Hall–Kier alpha value is -2.13. The van der Waals surface area contributed by atoms with Gasteiger partial charge in [-0.05, 0) is 53.2 Å². The lowest BCUT2D eigenvalue weighted by Crippen LogP contribution is -2.24. The number of benzene rings is 1. The first-order valence-electron chi connectivity index (χ1n) is 7.97. The molecule has 0 aliphatic heterocycles. The average molecular weight is 483 g/mol. The number of ether oxygens (including phenoxy) is 1. The van der Waals surface area contributed by atoms with Crippen molar-refractivity contribution in [2.24, 2.45) is 0 Å². The van der Waals surface area contributed by atoms with Crippen LogP contribution in [-0.2, 0) is 19.8 Å². The number of nitrogens with one attached hydrogen (secondary N) is 1. The summed E-state index contributed by atoms with van der Waals surface area (Å²) in [5.41, 5.74) is 1.11. The summed E-state index contributed by atoms with van der Waals surface area (Å²) in [6.07, 6.45) is 3.59. The third-order valence-corrected chi connectivity index (χ3v) is 4.77. The van der Waals surface area contributed by atoms with Crippen LogP contribution in [-0.4, -0.2) is 25.5 Å². The highest BCUT2D eigenvalue weighted by atomic mass is 79.9. The topological polar surface area (TPSA) is 74.0 Å². The maximum atomic E-state index is 12.2. The van der Waals surface area contributed by atoms with E-state index in [1.807, 2.05) is 37.4 Å². The normalized spacial score (nSPS) is 10.7. The van der Waals surface area contributed by atoms with Crippen molar-refractivity contribution >= 4 is 37.8 Å². The van der Waals surface area contributed by atoms with Gasteiger partial charge in [0.25, 0.3) is 5.91 Å². The zero-order chi connectivity index (χ0) is 18.5. The van der Waals surface area contributed by atoms with Crippen LogP contribution in [0, 0.1) is 0 Å². The van der Waals surface area contributed by atoms with Crippen LogP contribution < -0.4 is 10.1 Å². The molecule has 0 radical (unpaired) electrons. The van der Waals surface area contributed by atoms with Crippen LogP contribution in [0.3, 0.4) is 0 Å². The molecule has 9 heteroatoms.